The fourth-order valence-electron chi connectivity index (χ4n) is 2.38. The molecule has 0 unspecified atom stereocenters. The van der Waals surface area contributed by atoms with Crippen LogP contribution >= 0.6 is 11.3 Å². The van der Waals surface area contributed by atoms with Crippen LogP contribution in [0.3, 0.4) is 0 Å². The Morgan fingerprint density at radius 1 is 1.22 bits per heavy atom. The van der Waals surface area contributed by atoms with E-state index in [1.807, 2.05) is 30.3 Å². The van der Waals surface area contributed by atoms with Gasteiger partial charge >= 0.3 is 0 Å². The van der Waals surface area contributed by atoms with E-state index in [1.54, 1.807) is 6.20 Å². The highest BCUT2D eigenvalue weighted by atomic mass is 32.1. The lowest BCUT2D eigenvalue weighted by atomic mass is 10.1. The zero-order chi connectivity index (χ0) is 16.1. The summed E-state index contributed by atoms with van der Waals surface area (Å²) < 4.78 is 0. The highest BCUT2D eigenvalue weighted by molar-refractivity contribution is 7.15. The number of benzene rings is 1. The summed E-state index contributed by atoms with van der Waals surface area (Å²) in [5.41, 5.74) is 1.78. The minimum atomic E-state index is -0.0960. The first kappa shape index (κ1) is 15.6. The van der Waals surface area contributed by atoms with E-state index < -0.39 is 0 Å². The van der Waals surface area contributed by atoms with Crippen molar-refractivity contribution in [1.29, 1.82) is 0 Å². The Morgan fingerprint density at radius 3 is 2.96 bits per heavy atom. The highest BCUT2D eigenvalue weighted by Gasteiger charge is 2.11. The van der Waals surface area contributed by atoms with Crippen LogP contribution < -0.4 is 5.32 Å². The number of nitrogens with zero attached hydrogens (tertiary/aromatic N) is 3. The summed E-state index contributed by atoms with van der Waals surface area (Å²) in [7, 11) is 0. The van der Waals surface area contributed by atoms with Gasteiger partial charge in [-0.2, -0.15) is 0 Å². The summed E-state index contributed by atoms with van der Waals surface area (Å²) in [6, 6.07) is 9.76. The third kappa shape index (κ3) is 3.90. The van der Waals surface area contributed by atoms with E-state index in [0.717, 1.165) is 40.7 Å². The van der Waals surface area contributed by atoms with E-state index in [-0.39, 0.29) is 12.3 Å². The van der Waals surface area contributed by atoms with Crippen molar-refractivity contribution in [3.8, 4) is 0 Å². The number of fused-ring (bicyclic) bond motifs is 1. The lowest BCUT2D eigenvalue weighted by Crippen LogP contribution is -2.14. The number of carbonyl (C=O) groups excluding carboxylic acids is 1. The normalized spacial score (nSPS) is 10.8. The van der Waals surface area contributed by atoms with Crippen LogP contribution in [0.4, 0.5) is 5.13 Å². The molecule has 0 saturated carbocycles. The Balaban J connectivity index is 1.68. The van der Waals surface area contributed by atoms with Crippen molar-refractivity contribution < 1.29 is 4.79 Å². The standard InChI is InChI=1S/C17H18N4OS/c1-2-3-9-15-20-21-17(23-15)19-14(22)11-13-7-4-6-12-8-5-10-18-16(12)13/h4-8,10H,2-3,9,11H2,1H3,(H,19,21,22). The minimum absolute atomic E-state index is 0.0960. The van der Waals surface area contributed by atoms with Gasteiger partial charge in [-0.25, -0.2) is 0 Å². The van der Waals surface area contributed by atoms with E-state index in [1.165, 1.54) is 11.3 Å². The molecule has 0 bridgehead atoms. The zero-order valence-electron chi connectivity index (χ0n) is 13.0. The predicted octanol–water partition coefficient (Wildman–Crippen LogP) is 3.61. The van der Waals surface area contributed by atoms with Gasteiger partial charge in [-0.3, -0.25) is 9.78 Å². The molecular formula is C17H18N4OS. The van der Waals surface area contributed by atoms with Gasteiger partial charge in [-0.15, -0.1) is 10.2 Å². The van der Waals surface area contributed by atoms with Gasteiger partial charge in [0.15, 0.2) is 0 Å². The summed E-state index contributed by atoms with van der Waals surface area (Å²) in [4.78, 5) is 16.6. The fraction of sp³-hybridized carbons (Fsp3) is 0.294. The monoisotopic (exact) mass is 326 g/mol. The second-order valence-corrected chi connectivity index (χ2v) is 6.38. The van der Waals surface area contributed by atoms with Crippen molar-refractivity contribution in [1.82, 2.24) is 15.2 Å². The molecule has 0 fully saturated rings. The molecule has 0 radical (unpaired) electrons. The molecule has 5 nitrogen and oxygen atoms in total. The van der Waals surface area contributed by atoms with E-state index in [4.69, 9.17) is 0 Å². The maximum atomic E-state index is 12.2. The molecule has 6 heteroatoms. The molecule has 1 amide bonds. The van der Waals surface area contributed by atoms with Gasteiger partial charge in [-0.05, 0) is 18.1 Å². The number of hydrogen-bond acceptors (Lipinski definition) is 5. The number of anilines is 1. The molecule has 0 atom stereocenters. The summed E-state index contributed by atoms with van der Waals surface area (Å²) in [6.45, 7) is 2.14. The van der Waals surface area contributed by atoms with Gasteiger partial charge in [0.1, 0.15) is 5.01 Å². The molecule has 3 rings (SSSR count). The second-order valence-electron chi connectivity index (χ2n) is 5.32. The van der Waals surface area contributed by atoms with Gasteiger partial charge in [0.2, 0.25) is 11.0 Å². The van der Waals surface area contributed by atoms with Crippen LogP contribution in [0.2, 0.25) is 0 Å². The van der Waals surface area contributed by atoms with Crippen molar-refractivity contribution in [3.63, 3.8) is 0 Å². The number of hydrogen-bond donors (Lipinski definition) is 1. The molecule has 1 N–H and O–H groups in total. The largest absolute Gasteiger partial charge is 0.300 e. The number of rotatable bonds is 6. The SMILES string of the molecule is CCCCc1nnc(NC(=O)Cc2cccc3cccnc23)s1. The van der Waals surface area contributed by atoms with Gasteiger partial charge in [0.05, 0.1) is 11.9 Å². The average molecular weight is 326 g/mol. The molecule has 3 aromatic rings. The molecule has 0 spiro atoms. The second kappa shape index (κ2) is 7.28. The first-order chi connectivity index (χ1) is 11.3. The molecular weight excluding hydrogens is 308 g/mol. The number of nitrogens with one attached hydrogen (secondary N) is 1. The molecule has 118 valence electrons. The maximum Gasteiger partial charge on any atom is 0.230 e. The van der Waals surface area contributed by atoms with E-state index in [9.17, 15) is 4.79 Å². The number of aromatic nitrogens is 3. The summed E-state index contributed by atoms with van der Waals surface area (Å²) in [6.07, 6.45) is 5.14. The van der Waals surface area contributed by atoms with Crippen molar-refractivity contribution in [3.05, 3.63) is 47.1 Å². The molecule has 0 aliphatic carbocycles. The summed E-state index contributed by atoms with van der Waals surface area (Å²) in [5.74, 6) is -0.0960. The van der Waals surface area contributed by atoms with Gasteiger partial charge in [-0.1, -0.05) is 48.9 Å². The van der Waals surface area contributed by atoms with Crippen LogP contribution in [0.15, 0.2) is 36.5 Å². The van der Waals surface area contributed by atoms with E-state index in [2.05, 4.69) is 27.4 Å². The van der Waals surface area contributed by atoms with Crippen LogP contribution in [0.5, 0.6) is 0 Å². The molecule has 23 heavy (non-hydrogen) atoms. The van der Waals surface area contributed by atoms with Crippen molar-refractivity contribution in [2.24, 2.45) is 0 Å². The smallest absolute Gasteiger partial charge is 0.230 e. The molecule has 2 aromatic heterocycles. The number of amides is 1. The van der Waals surface area contributed by atoms with Crippen molar-refractivity contribution in [2.45, 2.75) is 32.6 Å². The first-order valence-corrected chi connectivity index (χ1v) is 8.53. The number of pyridine rings is 1. The van der Waals surface area contributed by atoms with Gasteiger partial charge in [0.25, 0.3) is 0 Å². The zero-order valence-corrected chi connectivity index (χ0v) is 13.8. The third-order valence-corrected chi connectivity index (χ3v) is 4.42. The van der Waals surface area contributed by atoms with Crippen molar-refractivity contribution in [2.75, 3.05) is 5.32 Å². The molecule has 0 aliphatic rings. The Bertz CT molecular complexity index is 810. The number of aryl methyl sites for hydroxylation is 1. The lowest BCUT2D eigenvalue weighted by Gasteiger charge is -2.05. The van der Waals surface area contributed by atoms with E-state index >= 15 is 0 Å². The fourth-order valence-corrected chi connectivity index (χ4v) is 3.18. The predicted molar refractivity (Wildman–Crippen MR) is 92.6 cm³/mol. The Kier molecular flexibility index (Phi) is 4.92. The Morgan fingerprint density at radius 2 is 2.09 bits per heavy atom. The van der Waals surface area contributed by atoms with Crippen LogP contribution in [0.1, 0.15) is 30.3 Å². The van der Waals surface area contributed by atoms with Crippen LogP contribution in [-0.4, -0.2) is 21.1 Å². The third-order valence-electron chi connectivity index (χ3n) is 3.52. The Hall–Kier alpha value is -2.34. The van der Waals surface area contributed by atoms with Crippen LogP contribution in [-0.2, 0) is 17.6 Å². The summed E-state index contributed by atoms with van der Waals surface area (Å²) in [5, 5.41) is 13.5. The molecule has 1 aromatic carbocycles. The molecule has 0 saturated heterocycles. The van der Waals surface area contributed by atoms with Gasteiger partial charge in [0, 0.05) is 18.0 Å². The van der Waals surface area contributed by atoms with Crippen molar-refractivity contribution >= 4 is 33.3 Å². The van der Waals surface area contributed by atoms with Crippen LogP contribution in [0.25, 0.3) is 10.9 Å². The van der Waals surface area contributed by atoms with Gasteiger partial charge < -0.3 is 5.32 Å². The van der Waals surface area contributed by atoms with Crippen LogP contribution in [0, 0.1) is 0 Å². The lowest BCUT2D eigenvalue weighted by molar-refractivity contribution is -0.115. The maximum absolute atomic E-state index is 12.2. The first-order valence-electron chi connectivity index (χ1n) is 7.71. The molecule has 0 aliphatic heterocycles. The Labute approximate surface area is 138 Å². The number of carbonyl (C=O) groups is 1. The summed E-state index contributed by atoms with van der Waals surface area (Å²) >= 11 is 1.45. The molecule has 2 heterocycles. The quantitative estimate of drug-likeness (QED) is 0.751. The highest BCUT2D eigenvalue weighted by Crippen LogP contribution is 2.19. The topological polar surface area (TPSA) is 67.8 Å². The number of unbranched alkanes of at least 4 members (excludes halogenated alkanes) is 1. The minimum Gasteiger partial charge on any atom is -0.300 e. The average Bonchev–Trinajstić information content (AvgIpc) is 3.00. The van der Waals surface area contributed by atoms with E-state index in [0.29, 0.717) is 5.13 Å². The number of para-hydroxylation sites is 1.